The fraction of sp³-hybridized carbons (Fsp3) is 0. The number of carbonyl (C=O) groups excluding carboxylic acids is 4. The van der Waals surface area contributed by atoms with E-state index in [9.17, 15) is 19.2 Å². The predicted molar refractivity (Wildman–Crippen MR) is 80.7 cm³/mol. The van der Waals surface area contributed by atoms with Gasteiger partial charge in [0.25, 0.3) is 0 Å². The van der Waals surface area contributed by atoms with E-state index in [0.717, 1.165) is 0 Å². The van der Waals surface area contributed by atoms with Crippen molar-refractivity contribution in [1.29, 1.82) is 0 Å². The van der Waals surface area contributed by atoms with Gasteiger partial charge in [-0.15, -0.1) is 0 Å². The van der Waals surface area contributed by atoms with Gasteiger partial charge in [0.05, 0.1) is 0 Å². The molecule has 4 nitrogen and oxygen atoms in total. The maximum absolute atomic E-state index is 11.8. The van der Waals surface area contributed by atoms with Crippen molar-refractivity contribution in [3.8, 4) is 0 Å². The molecule has 0 amide bonds. The molecule has 2 aliphatic carbocycles. The van der Waals surface area contributed by atoms with Gasteiger partial charge in [0.1, 0.15) is 0 Å². The summed E-state index contributed by atoms with van der Waals surface area (Å²) in [6.45, 7) is 0. The number of allylic oxidation sites excluding steroid dienone is 8. The highest BCUT2D eigenvalue weighted by atomic mass is 16.1. The molecule has 1 aromatic rings. The van der Waals surface area contributed by atoms with Gasteiger partial charge in [-0.1, -0.05) is 24.3 Å². The van der Waals surface area contributed by atoms with E-state index in [1.807, 2.05) is 0 Å². The summed E-state index contributed by atoms with van der Waals surface area (Å²) in [6.07, 6.45) is 7.50. The molecule has 2 aliphatic rings. The van der Waals surface area contributed by atoms with E-state index >= 15 is 0 Å². The number of hydrogen-bond acceptors (Lipinski definition) is 4. The van der Waals surface area contributed by atoms with Crippen molar-refractivity contribution in [2.24, 2.45) is 0 Å². The summed E-state index contributed by atoms with van der Waals surface area (Å²) < 4.78 is 0. The molecule has 0 aliphatic heterocycles. The predicted octanol–water partition coefficient (Wildman–Crippen LogP) is 1.87. The van der Waals surface area contributed by atoms with E-state index in [4.69, 9.17) is 0 Å². The van der Waals surface area contributed by atoms with Crippen molar-refractivity contribution in [1.82, 2.24) is 0 Å². The van der Waals surface area contributed by atoms with Crippen LogP contribution in [0.1, 0.15) is 11.1 Å². The first kappa shape index (κ1) is 13.8. The summed E-state index contributed by atoms with van der Waals surface area (Å²) in [4.78, 5) is 46.3. The van der Waals surface area contributed by atoms with Crippen LogP contribution < -0.4 is 0 Å². The van der Waals surface area contributed by atoms with Gasteiger partial charge in [-0.3, -0.25) is 19.2 Å². The lowest BCUT2D eigenvalue weighted by atomic mass is 9.92. The van der Waals surface area contributed by atoms with E-state index in [1.54, 1.807) is 24.3 Å². The quantitative estimate of drug-likeness (QED) is 0.780. The van der Waals surface area contributed by atoms with Crippen LogP contribution in [0.15, 0.2) is 60.7 Å². The molecular weight excluding hydrogens is 280 g/mol. The molecule has 0 heterocycles. The Morgan fingerprint density at radius 1 is 0.500 bits per heavy atom. The van der Waals surface area contributed by atoms with Crippen LogP contribution in [0.2, 0.25) is 0 Å². The highest BCUT2D eigenvalue weighted by molar-refractivity contribution is 6.35. The molecule has 4 heteroatoms. The van der Waals surface area contributed by atoms with Gasteiger partial charge in [-0.2, -0.15) is 0 Å². The van der Waals surface area contributed by atoms with Crippen LogP contribution in [0.25, 0.3) is 11.1 Å². The fourth-order valence-corrected chi connectivity index (χ4v) is 2.30. The Bertz CT molecular complexity index is 759. The lowest BCUT2D eigenvalue weighted by Gasteiger charge is -2.10. The van der Waals surface area contributed by atoms with E-state index in [1.165, 1.54) is 36.5 Å². The Balaban J connectivity index is 1.94. The first-order valence-corrected chi connectivity index (χ1v) is 6.61. The average molecular weight is 290 g/mol. The molecule has 0 radical (unpaired) electrons. The number of carbonyl (C=O) groups is 4. The molecule has 0 saturated heterocycles. The van der Waals surface area contributed by atoms with Crippen molar-refractivity contribution < 1.29 is 19.2 Å². The number of rotatable bonds is 2. The number of hydrogen-bond donors (Lipinski definition) is 0. The normalized spacial score (nSPS) is 17.6. The Hall–Kier alpha value is -3.14. The minimum atomic E-state index is -0.238. The average Bonchev–Trinajstić information content (AvgIpc) is 2.52. The molecule has 0 fully saturated rings. The van der Waals surface area contributed by atoms with Gasteiger partial charge in [0, 0.05) is 11.1 Å². The lowest BCUT2D eigenvalue weighted by molar-refractivity contribution is -0.113. The maximum atomic E-state index is 11.8. The highest BCUT2D eigenvalue weighted by Crippen LogP contribution is 2.24. The zero-order valence-electron chi connectivity index (χ0n) is 11.4. The van der Waals surface area contributed by atoms with Crippen molar-refractivity contribution in [3.63, 3.8) is 0 Å². The molecule has 0 saturated carbocycles. The van der Waals surface area contributed by atoms with Crippen molar-refractivity contribution in [3.05, 3.63) is 71.8 Å². The van der Waals surface area contributed by atoms with Gasteiger partial charge >= 0.3 is 0 Å². The largest absolute Gasteiger partial charge is 0.290 e. The Labute approximate surface area is 126 Å². The molecule has 0 bridgehead atoms. The van der Waals surface area contributed by atoms with Crippen molar-refractivity contribution >= 4 is 34.3 Å². The SMILES string of the molecule is O=C1C=CC(=O)C(c2ccc(C3=CC(=O)C=CC3=O)cc2)=C1. The standard InChI is InChI=1S/C18H10O4/c19-13-5-7-17(21)15(9-13)11-1-2-12(4-3-11)16-10-14(20)6-8-18(16)22/h1-10H. The molecule has 3 rings (SSSR count). The second-order valence-electron chi connectivity index (χ2n) is 4.89. The first-order chi connectivity index (χ1) is 10.5. The molecule has 0 aromatic heterocycles. The Morgan fingerprint density at radius 2 is 0.864 bits per heavy atom. The summed E-state index contributed by atoms with van der Waals surface area (Å²) in [6, 6.07) is 6.62. The van der Waals surface area contributed by atoms with Crippen LogP contribution in [0, 0.1) is 0 Å². The Morgan fingerprint density at radius 3 is 1.23 bits per heavy atom. The minimum absolute atomic E-state index is 0.237. The molecule has 0 spiro atoms. The zero-order valence-corrected chi connectivity index (χ0v) is 11.4. The molecule has 0 unspecified atom stereocenters. The second-order valence-corrected chi connectivity index (χ2v) is 4.89. The topological polar surface area (TPSA) is 68.3 Å². The molecular formula is C18H10O4. The van der Waals surface area contributed by atoms with Crippen LogP contribution in [-0.2, 0) is 19.2 Å². The maximum Gasteiger partial charge on any atom is 0.186 e. The molecule has 0 N–H and O–H groups in total. The highest BCUT2D eigenvalue weighted by Gasteiger charge is 2.17. The molecule has 1 aromatic carbocycles. The van der Waals surface area contributed by atoms with Gasteiger partial charge in [-0.25, -0.2) is 0 Å². The smallest absolute Gasteiger partial charge is 0.186 e. The summed E-state index contributed by atoms with van der Waals surface area (Å²) in [5.41, 5.74) is 1.83. The van der Waals surface area contributed by atoms with Crippen LogP contribution in [0.5, 0.6) is 0 Å². The van der Waals surface area contributed by atoms with Gasteiger partial charge < -0.3 is 0 Å². The summed E-state index contributed by atoms with van der Waals surface area (Å²) in [5, 5.41) is 0. The van der Waals surface area contributed by atoms with Crippen LogP contribution in [0.4, 0.5) is 0 Å². The Kier molecular flexibility index (Phi) is 3.35. The number of ketones is 4. The fourth-order valence-electron chi connectivity index (χ4n) is 2.30. The molecule has 106 valence electrons. The van der Waals surface area contributed by atoms with Gasteiger partial charge in [0.2, 0.25) is 0 Å². The first-order valence-electron chi connectivity index (χ1n) is 6.61. The van der Waals surface area contributed by atoms with Gasteiger partial charge in [-0.05, 0) is 47.6 Å². The second kappa shape index (κ2) is 5.33. The van der Waals surface area contributed by atoms with Crippen LogP contribution in [-0.4, -0.2) is 23.1 Å². The third-order valence-corrected chi connectivity index (χ3v) is 3.41. The van der Waals surface area contributed by atoms with E-state index in [2.05, 4.69) is 0 Å². The van der Waals surface area contributed by atoms with E-state index < -0.39 is 0 Å². The van der Waals surface area contributed by atoms with Crippen molar-refractivity contribution in [2.45, 2.75) is 0 Å². The van der Waals surface area contributed by atoms with Gasteiger partial charge in [0.15, 0.2) is 23.1 Å². The summed E-state index contributed by atoms with van der Waals surface area (Å²) >= 11 is 0. The lowest BCUT2D eigenvalue weighted by Crippen LogP contribution is -2.08. The minimum Gasteiger partial charge on any atom is -0.290 e. The molecule has 22 heavy (non-hydrogen) atoms. The van der Waals surface area contributed by atoms with Crippen molar-refractivity contribution in [2.75, 3.05) is 0 Å². The third kappa shape index (κ3) is 2.54. The van der Waals surface area contributed by atoms with Crippen LogP contribution >= 0.6 is 0 Å². The van der Waals surface area contributed by atoms with Crippen LogP contribution in [0.3, 0.4) is 0 Å². The van der Waals surface area contributed by atoms with E-state index in [0.29, 0.717) is 22.3 Å². The van der Waals surface area contributed by atoms with E-state index in [-0.39, 0.29) is 23.1 Å². The molecule has 0 atom stereocenters. The third-order valence-electron chi connectivity index (χ3n) is 3.41. The summed E-state index contributed by atoms with van der Waals surface area (Å²) in [5.74, 6) is -0.948. The monoisotopic (exact) mass is 290 g/mol. The summed E-state index contributed by atoms with van der Waals surface area (Å²) in [7, 11) is 0. The number of benzene rings is 1. The zero-order chi connectivity index (χ0) is 15.7.